The van der Waals surface area contributed by atoms with E-state index >= 15 is 0 Å². The van der Waals surface area contributed by atoms with Crippen molar-refractivity contribution in [2.45, 2.75) is 40.3 Å². The van der Waals surface area contributed by atoms with Gasteiger partial charge in [-0.2, -0.15) is 0 Å². The first kappa shape index (κ1) is 14.2. The van der Waals surface area contributed by atoms with Crippen LogP contribution < -0.4 is 5.32 Å². The summed E-state index contributed by atoms with van der Waals surface area (Å²) in [5, 5.41) is 3.54. The fourth-order valence-electron chi connectivity index (χ4n) is 2.39. The smallest absolute Gasteiger partial charge is 0.0553 e. The highest BCUT2D eigenvalue weighted by molar-refractivity contribution is 9.10. The van der Waals surface area contributed by atoms with E-state index in [1.165, 1.54) is 22.5 Å². The van der Waals surface area contributed by atoms with Crippen LogP contribution in [0.3, 0.4) is 0 Å². The first-order valence-corrected chi connectivity index (χ1v) is 7.55. The van der Waals surface area contributed by atoms with E-state index < -0.39 is 0 Å². The molecule has 0 radical (unpaired) electrons. The lowest BCUT2D eigenvalue weighted by atomic mass is 10.1. The molecule has 0 fully saturated rings. The molecule has 0 saturated heterocycles. The predicted molar refractivity (Wildman–Crippen MR) is 85.7 cm³/mol. The Balaban J connectivity index is 2.12. The highest BCUT2D eigenvalue weighted by Gasteiger charge is 2.06. The van der Waals surface area contributed by atoms with Gasteiger partial charge < -0.3 is 9.88 Å². The van der Waals surface area contributed by atoms with Gasteiger partial charge in [-0.3, -0.25) is 0 Å². The van der Waals surface area contributed by atoms with E-state index in [9.17, 15) is 0 Å². The van der Waals surface area contributed by atoms with E-state index in [2.05, 4.69) is 77.0 Å². The molecule has 1 aromatic heterocycles. The molecule has 0 spiro atoms. The number of benzene rings is 1. The van der Waals surface area contributed by atoms with Crippen LogP contribution in [0.2, 0.25) is 0 Å². The lowest BCUT2D eigenvalue weighted by molar-refractivity contribution is 0.654. The molecule has 2 nitrogen and oxygen atoms in total. The lowest BCUT2D eigenvalue weighted by Gasteiger charge is -2.14. The van der Waals surface area contributed by atoms with Crippen LogP contribution >= 0.6 is 15.9 Å². The summed E-state index contributed by atoms with van der Waals surface area (Å²) in [6.45, 7) is 8.41. The van der Waals surface area contributed by atoms with Gasteiger partial charge in [-0.15, -0.1) is 0 Å². The second kappa shape index (κ2) is 6.29. The standard InChI is InChI=1S/C16H21BrN2/c1-4-7-19-8-5-6-14(19)11-18-16-13(3)9-12(2)10-15(16)17/h5-6,8-10,18H,4,7,11H2,1-3H3. The van der Waals surface area contributed by atoms with Gasteiger partial charge >= 0.3 is 0 Å². The second-order valence-corrected chi connectivity index (χ2v) is 5.84. The summed E-state index contributed by atoms with van der Waals surface area (Å²) < 4.78 is 3.45. The number of aromatic nitrogens is 1. The van der Waals surface area contributed by atoms with E-state index in [4.69, 9.17) is 0 Å². The van der Waals surface area contributed by atoms with Crippen LogP contribution in [0.15, 0.2) is 34.9 Å². The van der Waals surface area contributed by atoms with Crippen molar-refractivity contribution < 1.29 is 0 Å². The minimum atomic E-state index is 0.857. The van der Waals surface area contributed by atoms with Crippen molar-refractivity contribution in [3.05, 3.63) is 51.8 Å². The largest absolute Gasteiger partial charge is 0.378 e. The molecule has 2 aromatic rings. The maximum Gasteiger partial charge on any atom is 0.0553 e. The summed E-state index contributed by atoms with van der Waals surface area (Å²) in [6.07, 6.45) is 3.31. The molecule has 0 atom stereocenters. The maximum atomic E-state index is 3.64. The van der Waals surface area contributed by atoms with Crippen LogP contribution in [0.1, 0.15) is 30.2 Å². The second-order valence-electron chi connectivity index (χ2n) is 4.99. The topological polar surface area (TPSA) is 17.0 Å². The number of aryl methyl sites for hydroxylation is 3. The van der Waals surface area contributed by atoms with Crippen molar-refractivity contribution in [3.63, 3.8) is 0 Å². The number of hydrogen-bond donors (Lipinski definition) is 1. The Bertz CT molecular complexity index is 535. The molecule has 0 unspecified atom stereocenters. The minimum absolute atomic E-state index is 0.857. The fraction of sp³-hybridized carbons (Fsp3) is 0.375. The third-order valence-corrected chi connectivity index (χ3v) is 3.89. The monoisotopic (exact) mass is 320 g/mol. The summed E-state index contributed by atoms with van der Waals surface area (Å²) in [6, 6.07) is 8.66. The Morgan fingerprint density at radius 1 is 1.26 bits per heavy atom. The zero-order valence-corrected chi connectivity index (χ0v) is 13.4. The molecule has 0 amide bonds. The summed E-state index contributed by atoms with van der Waals surface area (Å²) in [4.78, 5) is 0. The Morgan fingerprint density at radius 3 is 2.74 bits per heavy atom. The van der Waals surface area contributed by atoms with Crippen LogP contribution in [-0.4, -0.2) is 4.57 Å². The molecule has 0 bridgehead atoms. The fourth-order valence-corrected chi connectivity index (χ4v) is 3.20. The van der Waals surface area contributed by atoms with Crippen LogP contribution in [0, 0.1) is 13.8 Å². The van der Waals surface area contributed by atoms with Gasteiger partial charge in [0.2, 0.25) is 0 Å². The SMILES string of the molecule is CCCn1cccc1CNc1c(C)cc(C)cc1Br. The van der Waals surface area contributed by atoms with Gasteiger partial charge in [-0.1, -0.05) is 13.0 Å². The molecule has 0 aliphatic heterocycles. The highest BCUT2D eigenvalue weighted by atomic mass is 79.9. The zero-order chi connectivity index (χ0) is 13.8. The maximum absolute atomic E-state index is 3.64. The first-order chi connectivity index (χ1) is 9.11. The molecule has 1 aromatic carbocycles. The molecule has 3 heteroatoms. The van der Waals surface area contributed by atoms with E-state index in [1.807, 2.05) is 0 Å². The van der Waals surface area contributed by atoms with Gasteiger partial charge in [-0.25, -0.2) is 0 Å². The van der Waals surface area contributed by atoms with Gasteiger partial charge in [0.25, 0.3) is 0 Å². The molecule has 0 aliphatic rings. The molecule has 0 saturated carbocycles. The van der Waals surface area contributed by atoms with Gasteiger partial charge in [-0.05, 0) is 65.5 Å². The molecule has 19 heavy (non-hydrogen) atoms. The summed E-state index contributed by atoms with van der Waals surface area (Å²) in [7, 11) is 0. The van der Waals surface area contributed by atoms with Gasteiger partial charge in [0, 0.05) is 22.9 Å². The number of nitrogens with one attached hydrogen (secondary N) is 1. The van der Waals surface area contributed by atoms with Crippen molar-refractivity contribution in [1.29, 1.82) is 0 Å². The van der Waals surface area contributed by atoms with E-state index in [0.29, 0.717) is 0 Å². The van der Waals surface area contributed by atoms with Crippen molar-refractivity contribution >= 4 is 21.6 Å². The van der Waals surface area contributed by atoms with Crippen molar-refractivity contribution in [2.24, 2.45) is 0 Å². The van der Waals surface area contributed by atoms with Crippen LogP contribution in [0.25, 0.3) is 0 Å². The van der Waals surface area contributed by atoms with E-state index in [-0.39, 0.29) is 0 Å². The molecular formula is C16H21BrN2. The van der Waals surface area contributed by atoms with Crippen LogP contribution in [0.5, 0.6) is 0 Å². The number of halogens is 1. The van der Waals surface area contributed by atoms with Crippen LogP contribution in [-0.2, 0) is 13.1 Å². The van der Waals surface area contributed by atoms with Crippen LogP contribution in [0.4, 0.5) is 5.69 Å². The number of anilines is 1. The predicted octanol–water partition coefficient (Wildman–Crippen LogP) is 4.89. The van der Waals surface area contributed by atoms with E-state index in [1.54, 1.807) is 0 Å². The Labute approximate surface area is 124 Å². The number of rotatable bonds is 5. The average Bonchev–Trinajstić information content (AvgIpc) is 2.76. The number of hydrogen-bond acceptors (Lipinski definition) is 1. The Morgan fingerprint density at radius 2 is 2.05 bits per heavy atom. The first-order valence-electron chi connectivity index (χ1n) is 6.76. The summed E-state index contributed by atoms with van der Waals surface area (Å²) >= 11 is 3.64. The third-order valence-electron chi connectivity index (χ3n) is 3.27. The highest BCUT2D eigenvalue weighted by Crippen LogP contribution is 2.28. The van der Waals surface area contributed by atoms with E-state index in [0.717, 1.165) is 24.0 Å². The van der Waals surface area contributed by atoms with Crippen molar-refractivity contribution in [2.75, 3.05) is 5.32 Å². The lowest BCUT2D eigenvalue weighted by Crippen LogP contribution is -2.08. The van der Waals surface area contributed by atoms with Gasteiger partial charge in [0.05, 0.1) is 12.2 Å². The molecule has 2 rings (SSSR count). The van der Waals surface area contributed by atoms with Crippen molar-refractivity contribution in [1.82, 2.24) is 4.57 Å². The molecular weight excluding hydrogens is 300 g/mol. The zero-order valence-electron chi connectivity index (χ0n) is 11.8. The molecule has 1 N–H and O–H groups in total. The summed E-state index contributed by atoms with van der Waals surface area (Å²) in [5.41, 5.74) is 5.08. The summed E-state index contributed by atoms with van der Waals surface area (Å²) in [5.74, 6) is 0. The molecule has 0 aliphatic carbocycles. The average molecular weight is 321 g/mol. The minimum Gasteiger partial charge on any atom is -0.378 e. The van der Waals surface area contributed by atoms with Crippen molar-refractivity contribution in [3.8, 4) is 0 Å². The molecule has 1 heterocycles. The number of nitrogens with zero attached hydrogens (tertiary/aromatic N) is 1. The van der Waals surface area contributed by atoms with Gasteiger partial charge in [0.15, 0.2) is 0 Å². The van der Waals surface area contributed by atoms with Gasteiger partial charge in [0.1, 0.15) is 0 Å². The third kappa shape index (κ3) is 3.41. The quantitative estimate of drug-likeness (QED) is 0.830. The normalized spacial score (nSPS) is 10.7. The Kier molecular flexibility index (Phi) is 4.70. The Hall–Kier alpha value is -1.22. The molecule has 102 valence electrons.